The minimum Gasteiger partial charge on any atom is -0.493 e. The van der Waals surface area contributed by atoms with Crippen LogP contribution in [0.2, 0.25) is 0 Å². The molecule has 1 saturated carbocycles. The van der Waals surface area contributed by atoms with Crippen molar-refractivity contribution in [2.24, 2.45) is 0 Å². The summed E-state index contributed by atoms with van der Waals surface area (Å²) in [5, 5.41) is 9.06. The number of hydrogen-bond acceptors (Lipinski definition) is 5. The number of nitrogens with one attached hydrogen (secondary N) is 1. The quantitative estimate of drug-likeness (QED) is 0.188. The van der Waals surface area contributed by atoms with E-state index in [4.69, 9.17) is 14.7 Å². The summed E-state index contributed by atoms with van der Waals surface area (Å²) in [6, 6.07) is 16.4. The van der Waals surface area contributed by atoms with Gasteiger partial charge in [0.15, 0.2) is 11.5 Å². The molecule has 0 heterocycles. The molecule has 5 nitrogen and oxygen atoms in total. The molecule has 2 aromatic carbocycles. The van der Waals surface area contributed by atoms with E-state index in [2.05, 4.69) is 24.3 Å². The van der Waals surface area contributed by atoms with Crippen LogP contribution in [0.1, 0.15) is 56.9 Å². The Bertz CT molecular complexity index is 808. The third-order valence-corrected chi connectivity index (χ3v) is 6.92. The highest BCUT2D eigenvalue weighted by Gasteiger charge is 2.20. The number of hydrogen-bond donors (Lipinski definition) is 2. The number of ether oxygens (including phenoxy) is 2. The summed E-state index contributed by atoms with van der Waals surface area (Å²) in [5.74, 6) is 1.16. The van der Waals surface area contributed by atoms with Crippen LogP contribution in [0.5, 0.6) is 11.5 Å². The van der Waals surface area contributed by atoms with Gasteiger partial charge in [0, 0.05) is 16.6 Å². The lowest BCUT2D eigenvalue weighted by molar-refractivity contribution is -0.129. The van der Waals surface area contributed by atoms with Crippen LogP contribution in [-0.4, -0.2) is 29.6 Å². The van der Waals surface area contributed by atoms with Crippen molar-refractivity contribution in [2.75, 3.05) is 7.11 Å². The zero-order chi connectivity index (χ0) is 21.9. The van der Waals surface area contributed by atoms with Crippen LogP contribution in [0.15, 0.2) is 53.4 Å². The van der Waals surface area contributed by atoms with E-state index in [0.717, 1.165) is 54.9 Å². The zero-order valence-corrected chi connectivity index (χ0v) is 19.0. The van der Waals surface area contributed by atoms with Crippen molar-refractivity contribution in [2.45, 2.75) is 74.0 Å². The normalized spacial score (nSPS) is 14.9. The molecule has 1 atom stereocenters. The van der Waals surface area contributed by atoms with E-state index < -0.39 is 0 Å². The Labute approximate surface area is 189 Å². The van der Waals surface area contributed by atoms with E-state index in [1.165, 1.54) is 18.4 Å². The lowest BCUT2D eigenvalue weighted by Crippen LogP contribution is -2.23. The van der Waals surface area contributed by atoms with Gasteiger partial charge in [-0.25, -0.2) is 5.48 Å². The third-order valence-electron chi connectivity index (χ3n) is 5.66. The predicted molar refractivity (Wildman–Crippen MR) is 124 cm³/mol. The van der Waals surface area contributed by atoms with Gasteiger partial charge in [0.2, 0.25) is 5.91 Å². The summed E-state index contributed by atoms with van der Waals surface area (Å²) in [4.78, 5) is 12.9. The predicted octanol–water partition coefficient (Wildman–Crippen LogP) is 5.79. The molecular formula is C25H33NO4S. The fourth-order valence-corrected chi connectivity index (χ4v) is 5.22. The topological polar surface area (TPSA) is 67.8 Å². The van der Waals surface area contributed by atoms with Crippen molar-refractivity contribution in [3.05, 3.63) is 54.1 Å². The molecule has 6 heteroatoms. The molecule has 1 fully saturated rings. The van der Waals surface area contributed by atoms with E-state index in [1.54, 1.807) is 24.4 Å². The molecule has 0 bridgehead atoms. The fourth-order valence-electron chi connectivity index (χ4n) is 4.00. The molecule has 1 aliphatic rings. The van der Waals surface area contributed by atoms with Crippen LogP contribution in [0, 0.1) is 0 Å². The van der Waals surface area contributed by atoms with Crippen LogP contribution in [-0.2, 0) is 11.2 Å². The van der Waals surface area contributed by atoms with E-state index in [9.17, 15) is 4.79 Å². The number of methoxy groups -OCH3 is 1. The molecule has 0 radical (unpaired) electrons. The molecule has 1 unspecified atom stereocenters. The smallest absolute Gasteiger partial charge is 0.244 e. The highest BCUT2D eigenvalue weighted by Crippen LogP contribution is 2.37. The Balaban J connectivity index is 1.57. The summed E-state index contributed by atoms with van der Waals surface area (Å²) < 4.78 is 11.7. The lowest BCUT2D eigenvalue weighted by atomic mass is 10.1. The Kier molecular flexibility index (Phi) is 9.56. The summed E-state index contributed by atoms with van der Waals surface area (Å²) in [6.45, 7) is 0. The minimum absolute atomic E-state index is 0.0780. The minimum atomic E-state index is -0.353. The first-order valence-corrected chi connectivity index (χ1v) is 12.0. The number of hydroxylamine groups is 1. The SMILES string of the molecule is COc1cc(SC(CCCCc2ccccc2)CC(=O)NO)ccc1OC1CCCC1. The molecule has 0 saturated heterocycles. The van der Waals surface area contributed by atoms with Crippen LogP contribution in [0.4, 0.5) is 0 Å². The maximum Gasteiger partial charge on any atom is 0.244 e. The molecule has 1 aliphatic carbocycles. The Morgan fingerprint density at radius 1 is 1.13 bits per heavy atom. The van der Waals surface area contributed by atoms with Gasteiger partial charge in [-0.3, -0.25) is 10.0 Å². The lowest BCUT2D eigenvalue weighted by Gasteiger charge is -2.19. The molecule has 0 spiro atoms. The second-order valence-electron chi connectivity index (χ2n) is 8.05. The van der Waals surface area contributed by atoms with Crippen molar-refractivity contribution in [3.8, 4) is 11.5 Å². The highest BCUT2D eigenvalue weighted by atomic mass is 32.2. The van der Waals surface area contributed by atoms with Crippen LogP contribution >= 0.6 is 11.8 Å². The summed E-state index contributed by atoms with van der Waals surface area (Å²) in [5.41, 5.74) is 3.11. The number of benzene rings is 2. The third kappa shape index (κ3) is 7.78. The fraction of sp³-hybridized carbons (Fsp3) is 0.480. The zero-order valence-electron chi connectivity index (χ0n) is 18.2. The average Bonchev–Trinajstić information content (AvgIpc) is 3.31. The second-order valence-corrected chi connectivity index (χ2v) is 9.42. The number of amides is 1. The summed E-state index contributed by atoms with van der Waals surface area (Å²) >= 11 is 1.65. The van der Waals surface area contributed by atoms with Gasteiger partial charge in [-0.15, -0.1) is 11.8 Å². The van der Waals surface area contributed by atoms with Gasteiger partial charge in [-0.1, -0.05) is 36.8 Å². The van der Waals surface area contributed by atoms with Crippen LogP contribution < -0.4 is 15.0 Å². The first-order valence-electron chi connectivity index (χ1n) is 11.2. The van der Waals surface area contributed by atoms with Gasteiger partial charge < -0.3 is 9.47 Å². The van der Waals surface area contributed by atoms with Crippen molar-refractivity contribution in [1.29, 1.82) is 0 Å². The molecule has 31 heavy (non-hydrogen) atoms. The number of aryl methyl sites for hydroxylation is 1. The molecule has 0 aromatic heterocycles. The molecule has 1 amide bonds. The molecule has 2 aromatic rings. The average molecular weight is 444 g/mol. The Morgan fingerprint density at radius 3 is 2.61 bits per heavy atom. The number of rotatable bonds is 12. The summed E-state index contributed by atoms with van der Waals surface area (Å²) in [7, 11) is 1.66. The van der Waals surface area contributed by atoms with Gasteiger partial charge in [-0.2, -0.15) is 0 Å². The second kappa shape index (κ2) is 12.6. The van der Waals surface area contributed by atoms with Crippen molar-refractivity contribution in [1.82, 2.24) is 5.48 Å². The number of carbonyl (C=O) groups is 1. The number of carbonyl (C=O) groups excluding carboxylic acids is 1. The van der Waals surface area contributed by atoms with Crippen molar-refractivity contribution in [3.63, 3.8) is 0 Å². The van der Waals surface area contributed by atoms with Crippen LogP contribution in [0.3, 0.4) is 0 Å². The van der Waals surface area contributed by atoms with Crippen molar-refractivity contribution < 1.29 is 19.5 Å². The van der Waals surface area contributed by atoms with Gasteiger partial charge in [-0.05, 0) is 68.7 Å². The number of unbranched alkanes of at least 4 members (excludes halogenated alkanes) is 1. The first-order chi connectivity index (χ1) is 15.2. The largest absolute Gasteiger partial charge is 0.493 e. The Hall–Kier alpha value is -2.18. The molecule has 0 aliphatic heterocycles. The molecule has 3 rings (SSSR count). The van der Waals surface area contributed by atoms with Crippen molar-refractivity contribution >= 4 is 17.7 Å². The highest BCUT2D eigenvalue weighted by molar-refractivity contribution is 8.00. The van der Waals surface area contributed by atoms with E-state index >= 15 is 0 Å². The molecule has 168 valence electrons. The summed E-state index contributed by atoms with van der Waals surface area (Å²) in [6.07, 6.45) is 9.21. The van der Waals surface area contributed by atoms with Gasteiger partial charge in [0.05, 0.1) is 13.2 Å². The monoisotopic (exact) mass is 443 g/mol. The maximum atomic E-state index is 11.8. The standard InChI is InChI=1S/C25H33NO4S/c1-29-24-17-22(15-16-23(24)30-20-12-6-7-13-20)31-21(18-25(27)26-28)14-8-5-11-19-9-3-2-4-10-19/h2-4,9-10,15-17,20-21,28H,5-8,11-14,18H2,1H3,(H,26,27). The van der Waals surface area contributed by atoms with Gasteiger partial charge in [0.25, 0.3) is 0 Å². The first kappa shape index (κ1) is 23.5. The Morgan fingerprint density at radius 2 is 1.90 bits per heavy atom. The van der Waals surface area contributed by atoms with E-state index in [-0.39, 0.29) is 23.7 Å². The molecule has 2 N–H and O–H groups in total. The number of thioether (sulfide) groups is 1. The van der Waals surface area contributed by atoms with E-state index in [1.807, 2.05) is 24.3 Å². The van der Waals surface area contributed by atoms with Gasteiger partial charge >= 0.3 is 0 Å². The van der Waals surface area contributed by atoms with Crippen LogP contribution in [0.25, 0.3) is 0 Å². The van der Waals surface area contributed by atoms with E-state index in [0.29, 0.717) is 0 Å². The van der Waals surface area contributed by atoms with Gasteiger partial charge in [0.1, 0.15) is 0 Å². The maximum absolute atomic E-state index is 11.8. The molecular weight excluding hydrogens is 410 g/mol.